The van der Waals surface area contributed by atoms with Crippen molar-refractivity contribution in [3.63, 3.8) is 0 Å². The molecule has 2 aromatic carbocycles. The van der Waals surface area contributed by atoms with E-state index in [9.17, 15) is 13.2 Å². The number of halogens is 1. The molecule has 0 spiro atoms. The maximum Gasteiger partial charge on any atom is 0.243 e. The minimum atomic E-state index is -3.71. The van der Waals surface area contributed by atoms with E-state index in [0.717, 1.165) is 14.3 Å². The van der Waals surface area contributed by atoms with Gasteiger partial charge in [-0.15, -0.1) is 0 Å². The van der Waals surface area contributed by atoms with Gasteiger partial charge < -0.3 is 5.32 Å². The number of nitrogens with zero attached hydrogens (tertiary/aromatic N) is 1. The number of sulfonamides is 1. The summed E-state index contributed by atoms with van der Waals surface area (Å²) >= 11 is 3.28. The monoisotopic (exact) mass is 452 g/mol. The summed E-state index contributed by atoms with van der Waals surface area (Å²) in [7, 11) is -2.30. The molecule has 0 bridgehead atoms. The average molecular weight is 453 g/mol. The fourth-order valence-corrected chi connectivity index (χ4v) is 4.18. The number of carbonyl (C=O) groups is 1. The standard InChI is InChI=1S/C20H25BrN2O3S/c1-15(2)19(16-7-5-4-6-8-16)13-22-20(24)14-23(3)27(25,26)18-11-9-17(21)10-12-18/h4-12,15,19H,13-14H2,1-3H3,(H,22,24). The molecule has 2 aromatic rings. The van der Waals surface area contributed by atoms with Crippen molar-refractivity contribution >= 4 is 31.9 Å². The number of amides is 1. The van der Waals surface area contributed by atoms with Crippen LogP contribution < -0.4 is 5.32 Å². The first kappa shape index (κ1) is 21.6. The van der Waals surface area contributed by atoms with Crippen LogP contribution in [-0.2, 0) is 14.8 Å². The number of likely N-dealkylation sites (N-methyl/N-ethyl adjacent to an activating group) is 1. The Kier molecular flexibility index (Phi) is 7.59. The van der Waals surface area contributed by atoms with Crippen LogP contribution in [0, 0.1) is 5.92 Å². The second-order valence-corrected chi connectivity index (χ2v) is 9.74. The molecule has 0 aromatic heterocycles. The lowest BCUT2D eigenvalue weighted by Crippen LogP contribution is -2.40. The normalized spacial score (nSPS) is 13.0. The van der Waals surface area contributed by atoms with Gasteiger partial charge in [0, 0.05) is 24.0 Å². The van der Waals surface area contributed by atoms with Crippen LogP contribution >= 0.6 is 15.9 Å². The van der Waals surface area contributed by atoms with Gasteiger partial charge in [0.15, 0.2) is 0 Å². The van der Waals surface area contributed by atoms with Crippen LogP contribution in [0.4, 0.5) is 0 Å². The Morgan fingerprint density at radius 3 is 2.22 bits per heavy atom. The summed E-state index contributed by atoms with van der Waals surface area (Å²) in [6, 6.07) is 16.3. The minimum Gasteiger partial charge on any atom is -0.354 e. The van der Waals surface area contributed by atoms with Crippen molar-refractivity contribution in [3.8, 4) is 0 Å². The SMILES string of the molecule is CC(C)C(CNC(=O)CN(C)S(=O)(=O)c1ccc(Br)cc1)c1ccccc1. The van der Waals surface area contributed by atoms with Crippen molar-refractivity contribution in [2.75, 3.05) is 20.1 Å². The van der Waals surface area contributed by atoms with Crippen molar-refractivity contribution in [2.24, 2.45) is 5.92 Å². The van der Waals surface area contributed by atoms with Crippen LogP contribution in [0.1, 0.15) is 25.3 Å². The predicted octanol–water partition coefficient (Wildman–Crippen LogP) is 3.63. The van der Waals surface area contributed by atoms with Crippen LogP contribution in [-0.4, -0.2) is 38.8 Å². The van der Waals surface area contributed by atoms with Crippen LogP contribution in [0.3, 0.4) is 0 Å². The fraction of sp³-hybridized carbons (Fsp3) is 0.350. The number of benzene rings is 2. The molecule has 0 aliphatic carbocycles. The van der Waals surface area contributed by atoms with Crippen molar-refractivity contribution in [2.45, 2.75) is 24.7 Å². The quantitative estimate of drug-likeness (QED) is 0.664. The largest absolute Gasteiger partial charge is 0.354 e. The Labute approximate surface area is 170 Å². The van der Waals surface area contributed by atoms with Gasteiger partial charge in [-0.3, -0.25) is 4.79 Å². The maximum atomic E-state index is 12.6. The molecule has 1 N–H and O–H groups in total. The van der Waals surface area contributed by atoms with Crippen LogP contribution in [0.2, 0.25) is 0 Å². The predicted molar refractivity (Wildman–Crippen MR) is 111 cm³/mol. The third kappa shape index (κ3) is 5.89. The molecular formula is C20H25BrN2O3S. The molecule has 7 heteroatoms. The van der Waals surface area contributed by atoms with Gasteiger partial charge in [0.1, 0.15) is 0 Å². The average Bonchev–Trinajstić information content (AvgIpc) is 2.62. The summed E-state index contributed by atoms with van der Waals surface area (Å²) in [5.41, 5.74) is 1.16. The first-order chi connectivity index (χ1) is 12.7. The van der Waals surface area contributed by atoms with Crippen LogP contribution in [0.15, 0.2) is 64.0 Å². The minimum absolute atomic E-state index is 0.158. The maximum absolute atomic E-state index is 12.6. The Balaban J connectivity index is 1.99. The van der Waals surface area contributed by atoms with Gasteiger partial charge in [-0.25, -0.2) is 8.42 Å². The topological polar surface area (TPSA) is 66.5 Å². The van der Waals surface area contributed by atoms with E-state index in [2.05, 4.69) is 35.1 Å². The highest BCUT2D eigenvalue weighted by Crippen LogP contribution is 2.23. The Morgan fingerprint density at radius 2 is 1.67 bits per heavy atom. The third-order valence-electron chi connectivity index (χ3n) is 4.44. The summed E-state index contributed by atoms with van der Waals surface area (Å²) in [4.78, 5) is 12.5. The van der Waals surface area contributed by atoms with E-state index in [1.165, 1.54) is 19.2 Å². The Morgan fingerprint density at radius 1 is 1.07 bits per heavy atom. The Bertz CT molecular complexity index is 853. The van der Waals surface area contributed by atoms with Gasteiger partial charge in [0.05, 0.1) is 11.4 Å². The molecule has 0 saturated carbocycles. The smallest absolute Gasteiger partial charge is 0.243 e. The van der Waals surface area contributed by atoms with E-state index in [4.69, 9.17) is 0 Å². The van der Waals surface area contributed by atoms with E-state index in [1.54, 1.807) is 12.1 Å². The highest BCUT2D eigenvalue weighted by Gasteiger charge is 2.23. The van der Waals surface area contributed by atoms with Crippen LogP contribution in [0.25, 0.3) is 0 Å². The first-order valence-electron chi connectivity index (χ1n) is 8.75. The number of rotatable bonds is 8. The summed E-state index contributed by atoms with van der Waals surface area (Å²) in [6.45, 7) is 4.45. The summed E-state index contributed by atoms with van der Waals surface area (Å²) in [5, 5.41) is 2.87. The lowest BCUT2D eigenvalue weighted by Gasteiger charge is -2.23. The van der Waals surface area contributed by atoms with Crippen LogP contribution in [0.5, 0.6) is 0 Å². The molecule has 2 rings (SSSR count). The van der Waals surface area contributed by atoms with Gasteiger partial charge in [0.2, 0.25) is 15.9 Å². The van der Waals surface area contributed by atoms with Crippen molar-refractivity contribution in [3.05, 3.63) is 64.6 Å². The number of nitrogens with one attached hydrogen (secondary N) is 1. The molecule has 0 aliphatic heterocycles. The highest BCUT2D eigenvalue weighted by atomic mass is 79.9. The van der Waals surface area contributed by atoms with Gasteiger partial charge in [0.25, 0.3) is 0 Å². The molecule has 27 heavy (non-hydrogen) atoms. The van der Waals surface area contributed by atoms with Crippen molar-refractivity contribution in [1.29, 1.82) is 0 Å². The fourth-order valence-electron chi connectivity index (χ4n) is 2.79. The molecule has 146 valence electrons. The molecule has 0 heterocycles. The van der Waals surface area contributed by atoms with Gasteiger partial charge in [-0.05, 0) is 35.7 Å². The van der Waals surface area contributed by atoms with Gasteiger partial charge in [-0.1, -0.05) is 60.1 Å². The molecule has 0 fully saturated rings. The zero-order valence-electron chi connectivity index (χ0n) is 15.7. The second kappa shape index (κ2) is 9.48. The second-order valence-electron chi connectivity index (χ2n) is 6.78. The third-order valence-corrected chi connectivity index (χ3v) is 6.79. The van der Waals surface area contributed by atoms with Gasteiger partial charge in [-0.2, -0.15) is 4.31 Å². The van der Waals surface area contributed by atoms with Gasteiger partial charge >= 0.3 is 0 Å². The van der Waals surface area contributed by atoms with E-state index >= 15 is 0 Å². The molecule has 1 atom stereocenters. The zero-order chi connectivity index (χ0) is 20.0. The van der Waals surface area contributed by atoms with Crippen molar-refractivity contribution < 1.29 is 13.2 Å². The molecule has 0 aliphatic rings. The lowest BCUT2D eigenvalue weighted by atomic mass is 9.88. The number of hydrogen-bond donors (Lipinski definition) is 1. The van der Waals surface area contributed by atoms with E-state index < -0.39 is 10.0 Å². The first-order valence-corrected chi connectivity index (χ1v) is 11.0. The molecule has 0 radical (unpaired) electrons. The highest BCUT2D eigenvalue weighted by molar-refractivity contribution is 9.10. The number of hydrogen-bond acceptors (Lipinski definition) is 3. The van der Waals surface area contributed by atoms with Crippen molar-refractivity contribution in [1.82, 2.24) is 9.62 Å². The summed E-state index contributed by atoms with van der Waals surface area (Å²) < 4.78 is 27.0. The molecular weight excluding hydrogens is 428 g/mol. The van der Waals surface area contributed by atoms with E-state index in [1.807, 2.05) is 30.3 Å². The molecule has 0 saturated heterocycles. The Hall–Kier alpha value is -1.70. The molecule has 1 unspecified atom stereocenters. The summed E-state index contributed by atoms with van der Waals surface area (Å²) in [5.74, 6) is 0.195. The lowest BCUT2D eigenvalue weighted by molar-refractivity contribution is -0.121. The van der Waals surface area contributed by atoms with E-state index in [0.29, 0.717) is 12.5 Å². The molecule has 5 nitrogen and oxygen atoms in total. The molecule has 1 amide bonds. The zero-order valence-corrected chi connectivity index (χ0v) is 18.1. The van der Waals surface area contributed by atoms with E-state index in [-0.39, 0.29) is 23.3 Å². The number of carbonyl (C=O) groups excluding carboxylic acids is 1. The summed E-state index contributed by atoms with van der Waals surface area (Å²) in [6.07, 6.45) is 0.